The van der Waals surface area contributed by atoms with Crippen LogP contribution >= 0.6 is 0 Å². The molecule has 0 unspecified atom stereocenters. The van der Waals surface area contributed by atoms with E-state index in [1.54, 1.807) is 0 Å². The van der Waals surface area contributed by atoms with Gasteiger partial charge in [0.1, 0.15) is 17.2 Å². The van der Waals surface area contributed by atoms with Gasteiger partial charge in [-0.15, -0.1) is 10.2 Å². The van der Waals surface area contributed by atoms with Crippen molar-refractivity contribution in [3.63, 3.8) is 0 Å². The van der Waals surface area contributed by atoms with Gasteiger partial charge < -0.3 is 14.2 Å². The van der Waals surface area contributed by atoms with Gasteiger partial charge >= 0.3 is 0 Å². The van der Waals surface area contributed by atoms with E-state index in [4.69, 9.17) is 14.2 Å². The van der Waals surface area contributed by atoms with E-state index < -0.39 is 0 Å². The van der Waals surface area contributed by atoms with Crippen LogP contribution in [0, 0.1) is 0 Å². The van der Waals surface area contributed by atoms with Crippen molar-refractivity contribution < 1.29 is 14.2 Å². The zero-order chi connectivity index (χ0) is 27.7. The summed E-state index contributed by atoms with van der Waals surface area (Å²) in [7, 11) is 0.552. The monoisotopic (exact) mass is 544 g/mol. The van der Waals surface area contributed by atoms with Crippen LogP contribution in [0.4, 0.5) is 0 Å². The normalized spacial score (nSPS) is 11.5. The molecule has 3 aromatic rings. The molecule has 0 aliphatic heterocycles. The van der Waals surface area contributed by atoms with Crippen LogP contribution < -0.4 is 14.2 Å². The lowest BCUT2D eigenvalue weighted by atomic mass is 10.2. The van der Waals surface area contributed by atoms with Crippen LogP contribution in [0.25, 0.3) is 0 Å². The molecule has 0 atom stereocenters. The highest BCUT2D eigenvalue weighted by Gasteiger charge is 2.06. The number of ether oxygens (including phenoxy) is 3. The molecule has 0 spiro atoms. The molecule has 3 aromatic carbocycles. The number of rotatable bonds is 15. The minimum atomic E-state index is 0.339. The Kier molecular flexibility index (Phi) is 12.5. The van der Waals surface area contributed by atoms with Gasteiger partial charge in [0.2, 0.25) is 5.82 Å². The Labute approximate surface area is 233 Å². The Balaban J connectivity index is 1.82. The zero-order valence-electron chi connectivity index (χ0n) is 23.1. The fraction of sp³-hybridized carbons (Fsp3) is 0.310. The molecule has 0 N–H and O–H groups in total. The van der Waals surface area contributed by atoms with E-state index in [0.717, 1.165) is 33.9 Å². The summed E-state index contributed by atoms with van der Waals surface area (Å²) in [6.07, 6.45) is 0. The average molecular weight is 545 g/mol. The molecule has 204 valence electrons. The number of hydrogen-bond donors (Lipinski definition) is 0. The Morgan fingerprint density at radius 2 is 0.872 bits per heavy atom. The second-order valence-corrected chi connectivity index (χ2v) is 9.18. The van der Waals surface area contributed by atoms with Gasteiger partial charge in [-0.1, -0.05) is 54.6 Å². The lowest BCUT2D eigenvalue weighted by Crippen LogP contribution is -1.96. The summed E-state index contributed by atoms with van der Waals surface area (Å²) in [4.78, 5) is 0. The number of hydrogen-bond acceptors (Lipinski definition) is 9. The van der Waals surface area contributed by atoms with E-state index in [1.165, 1.54) is 0 Å². The largest absolute Gasteiger partial charge is 0.494 e. The topological polar surface area (TPSA) is 102 Å². The summed E-state index contributed by atoms with van der Waals surface area (Å²) in [6, 6.07) is 23.4. The van der Waals surface area contributed by atoms with Crippen LogP contribution in [-0.2, 0) is 19.6 Å². The molecule has 0 saturated carbocycles. The molecular weight excluding hydrogens is 508 g/mol. The lowest BCUT2D eigenvalue weighted by molar-refractivity contribution is 0.336. The second-order valence-electron chi connectivity index (χ2n) is 8.23. The maximum absolute atomic E-state index is 5.70. The highest BCUT2D eigenvalue weighted by molar-refractivity contribution is 6.21. The van der Waals surface area contributed by atoms with Gasteiger partial charge in [0.05, 0.1) is 55.0 Å². The van der Waals surface area contributed by atoms with Crippen LogP contribution in [0.2, 0.25) is 0 Å². The maximum Gasteiger partial charge on any atom is 0.213 e. The molecule has 0 saturated heterocycles. The first-order valence-electron chi connectivity index (χ1n) is 13.1. The third-order valence-electron chi connectivity index (χ3n) is 5.42. The number of azo groups is 3. The minimum Gasteiger partial charge on any atom is -0.494 e. The van der Waals surface area contributed by atoms with Crippen molar-refractivity contribution in [2.75, 3.05) is 19.8 Å². The molecule has 0 fully saturated rings. The fourth-order valence-corrected chi connectivity index (χ4v) is 3.92. The fourth-order valence-electron chi connectivity index (χ4n) is 3.58. The van der Waals surface area contributed by atoms with E-state index >= 15 is 0 Å². The van der Waals surface area contributed by atoms with Crippen LogP contribution in [0.15, 0.2) is 115 Å². The lowest BCUT2D eigenvalue weighted by Gasteiger charge is -2.07. The Morgan fingerprint density at radius 1 is 0.538 bits per heavy atom. The van der Waals surface area contributed by atoms with Gasteiger partial charge in [0, 0.05) is 16.7 Å². The van der Waals surface area contributed by atoms with Crippen molar-refractivity contribution in [1.82, 2.24) is 0 Å². The van der Waals surface area contributed by atoms with Gasteiger partial charge in [0.25, 0.3) is 0 Å². The first-order chi connectivity index (χ1) is 19.2. The third-order valence-corrected chi connectivity index (χ3v) is 6.06. The summed E-state index contributed by atoms with van der Waals surface area (Å²) in [6.45, 7) is 8.67. The highest BCUT2D eigenvalue weighted by atomic mass is 28.1. The molecule has 0 bridgehead atoms. The average Bonchev–Trinajstić information content (AvgIpc) is 2.95. The predicted octanol–water partition coefficient (Wildman–Crippen LogP) is 6.63. The van der Waals surface area contributed by atoms with Crippen molar-refractivity contribution in [1.29, 1.82) is 0 Å². The highest BCUT2D eigenvalue weighted by Crippen LogP contribution is 2.22. The molecular formula is C29H36N6O3Si. The standard InChI is InChI=1S/C29H36N6O3Si/c1-4-36-25-16-10-7-13-22(25)19-30-33-28(34-31-20-23-14-8-11-17-26(23)37-5-2)29(39)35-32-21-24-15-9-12-18-27(24)38-6-3/h7-18H,4-6,19-21H2,1-3,39H3. The van der Waals surface area contributed by atoms with Gasteiger partial charge in [-0.3, -0.25) is 0 Å². The van der Waals surface area contributed by atoms with Crippen LogP contribution in [-0.4, -0.2) is 30.1 Å². The number of para-hydroxylation sites is 3. The van der Waals surface area contributed by atoms with Crippen LogP contribution in [0.1, 0.15) is 37.5 Å². The van der Waals surface area contributed by atoms with Crippen molar-refractivity contribution in [2.24, 2.45) is 30.7 Å². The molecule has 0 aliphatic carbocycles. The number of benzene rings is 3. The quantitative estimate of drug-likeness (QED) is 0.158. The third kappa shape index (κ3) is 9.57. The maximum atomic E-state index is 5.70. The van der Waals surface area contributed by atoms with Crippen molar-refractivity contribution in [3.05, 3.63) is 101 Å². The molecule has 39 heavy (non-hydrogen) atoms. The minimum absolute atomic E-state index is 0.339. The molecule has 3 rings (SSSR count). The van der Waals surface area contributed by atoms with Crippen molar-refractivity contribution in [2.45, 2.75) is 40.4 Å². The number of nitrogens with zero attached hydrogens (tertiary/aromatic N) is 6. The second kappa shape index (κ2) is 16.6. The molecule has 0 aromatic heterocycles. The van der Waals surface area contributed by atoms with Crippen LogP contribution in [0.5, 0.6) is 17.2 Å². The molecule has 9 nitrogen and oxygen atoms in total. The van der Waals surface area contributed by atoms with E-state index in [-0.39, 0.29) is 0 Å². The summed E-state index contributed by atoms with van der Waals surface area (Å²) in [5.41, 5.74) is 2.84. The van der Waals surface area contributed by atoms with Gasteiger partial charge in [-0.05, 0) is 39.0 Å². The van der Waals surface area contributed by atoms with Crippen LogP contribution in [0.3, 0.4) is 0 Å². The molecule has 10 heteroatoms. The Bertz CT molecular complexity index is 1250. The predicted molar refractivity (Wildman–Crippen MR) is 155 cm³/mol. The van der Waals surface area contributed by atoms with E-state index in [0.29, 0.717) is 60.8 Å². The SMILES string of the molecule is CCOc1ccccc1CN=NC([SiH3])=C(N=NCc1ccccc1OCC)N=NCc1ccccc1OCC. The van der Waals surface area contributed by atoms with E-state index in [9.17, 15) is 0 Å². The summed E-state index contributed by atoms with van der Waals surface area (Å²) in [5.74, 6) is 2.72. The Hall–Kier alpha value is -4.18. The summed E-state index contributed by atoms with van der Waals surface area (Å²) in [5, 5.41) is 27.0. The van der Waals surface area contributed by atoms with Gasteiger partial charge in [-0.2, -0.15) is 20.5 Å². The van der Waals surface area contributed by atoms with E-state index in [1.807, 2.05) is 93.6 Å². The van der Waals surface area contributed by atoms with Crippen molar-refractivity contribution >= 4 is 10.2 Å². The smallest absolute Gasteiger partial charge is 0.213 e. The summed E-state index contributed by atoms with van der Waals surface area (Å²) >= 11 is 0. The molecule has 0 heterocycles. The summed E-state index contributed by atoms with van der Waals surface area (Å²) < 4.78 is 17.1. The first-order valence-corrected chi connectivity index (χ1v) is 14.1. The molecule has 0 amide bonds. The van der Waals surface area contributed by atoms with Crippen molar-refractivity contribution in [3.8, 4) is 17.2 Å². The molecule has 0 aliphatic rings. The Morgan fingerprint density at radius 3 is 1.23 bits per heavy atom. The molecule has 0 radical (unpaired) electrons. The van der Waals surface area contributed by atoms with E-state index in [2.05, 4.69) is 30.7 Å². The van der Waals surface area contributed by atoms with Gasteiger partial charge in [-0.25, -0.2) is 0 Å². The first kappa shape index (κ1) is 29.4. The zero-order valence-corrected chi connectivity index (χ0v) is 25.1. The van der Waals surface area contributed by atoms with Gasteiger partial charge in [0.15, 0.2) is 0 Å².